The molecule has 4 unspecified atom stereocenters. The van der Waals surface area contributed by atoms with E-state index in [0.717, 1.165) is 12.3 Å². The van der Waals surface area contributed by atoms with Gasteiger partial charge in [0.25, 0.3) is 0 Å². The van der Waals surface area contributed by atoms with Crippen LogP contribution in [0.15, 0.2) is 0 Å². The highest BCUT2D eigenvalue weighted by atomic mass is 16.5. The van der Waals surface area contributed by atoms with Crippen LogP contribution >= 0.6 is 0 Å². The maximum absolute atomic E-state index is 11.5. The Balaban J connectivity index is 1.82. The minimum Gasteiger partial charge on any atom is -0.465 e. The summed E-state index contributed by atoms with van der Waals surface area (Å²) in [5.74, 6) is 0.605. The summed E-state index contributed by atoms with van der Waals surface area (Å²) in [6, 6.07) is 0.329. The third kappa shape index (κ3) is 2.55. The van der Waals surface area contributed by atoms with Crippen LogP contribution in [0.4, 0.5) is 0 Å². The summed E-state index contributed by atoms with van der Waals surface area (Å²) in [5, 5.41) is 3.43. The van der Waals surface area contributed by atoms with Crippen LogP contribution in [0.1, 0.15) is 26.7 Å². The molecule has 0 saturated carbocycles. The molecule has 92 valence electrons. The van der Waals surface area contributed by atoms with Gasteiger partial charge in [0.1, 0.15) is 6.04 Å². The van der Waals surface area contributed by atoms with E-state index >= 15 is 0 Å². The Hall–Kier alpha value is -0.610. The molecule has 0 aliphatic carbocycles. The van der Waals surface area contributed by atoms with Crippen molar-refractivity contribution in [3.8, 4) is 0 Å². The zero-order chi connectivity index (χ0) is 11.5. The fraction of sp³-hybridized carbons (Fsp3) is 0.917. The lowest BCUT2D eigenvalue weighted by atomic mass is 9.93. The van der Waals surface area contributed by atoms with Gasteiger partial charge in [0.15, 0.2) is 0 Å². The van der Waals surface area contributed by atoms with Crippen molar-refractivity contribution in [2.24, 2.45) is 5.92 Å². The standard InChI is InChI=1S/C12H22N2O2/c1-3-16-12(15)9(2)13-11-5-7-14-6-4-10(11)8-14/h9-11,13H,3-8H2,1-2H3. The van der Waals surface area contributed by atoms with Crippen molar-refractivity contribution in [2.45, 2.75) is 38.8 Å². The van der Waals surface area contributed by atoms with Gasteiger partial charge in [-0.05, 0) is 45.7 Å². The topological polar surface area (TPSA) is 41.6 Å². The highest BCUT2D eigenvalue weighted by Crippen LogP contribution is 2.27. The van der Waals surface area contributed by atoms with E-state index in [1.807, 2.05) is 13.8 Å². The summed E-state index contributed by atoms with van der Waals surface area (Å²) < 4.78 is 5.01. The summed E-state index contributed by atoms with van der Waals surface area (Å²) in [6.07, 6.45) is 2.43. The fourth-order valence-corrected chi connectivity index (χ4v) is 2.83. The molecule has 4 nitrogen and oxygen atoms in total. The SMILES string of the molecule is CCOC(=O)C(C)NC1CCN2CCC1C2. The van der Waals surface area contributed by atoms with Crippen LogP contribution in [0.25, 0.3) is 0 Å². The molecule has 2 rings (SSSR count). The maximum Gasteiger partial charge on any atom is 0.322 e. The lowest BCUT2D eigenvalue weighted by Crippen LogP contribution is -2.49. The van der Waals surface area contributed by atoms with E-state index in [1.165, 1.54) is 26.1 Å². The van der Waals surface area contributed by atoms with Crippen LogP contribution in [-0.2, 0) is 9.53 Å². The average molecular weight is 226 g/mol. The Labute approximate surface area is 97.3 Å². The number of carbonyl (C=O) groups excluding carboxylic acids is 1. The molecule has 4 atom stereocenters. The van der Waals surface area contributed by atoms with Crippen molar-refractivity contribution in [3.05, 3.63) is 0 Å². The van der Waals surface area contributed by atoms with Crippen LogP contribution in [0, 0.1) is 5.92 Å². The van der Waals surface area contributed by atoms with Crippen molar-refractivity contribution in [1.29, 1.82) is 0 Å². The number of fused-ring (bicyclic) bond motifs is 2. The molecule has 4 heteroatoms. The van der Waals surface area contributed by atoms with Gasteiger partial charge >= 0.3 is 5.97 Å². The minimum atomic E-state index is -0.169. The number of nitrogens with one attached hydrogen (secondary N) is 1. The first kappa shape index (κ1) is 11.9. The summed E-state index contributed by atoms with van der Waals surface area (Å²) >= 11 is 0. The van der Waals surface area contributed by atoms with Crippen LogP contribution in [0.5, 0.6) is 0 Å². The molecule has 1 N–H and O–H groups in total. The number of hydrogen-bond donors (Lipinski definition) is 1. The van der Waals surface area contributed by atoms with Gasteiger partial charge in [0.2, 0.25) is 0 Å². The Morgan fingerprint density at radius 3 is 3.00 bits per heavy atom. The molecule has 0 aromatic carbocycles. The Bertz CT molecular complexity index is 257. The molecule has 0 amide bonds. The normalized spacial score (nSPS) is 34.8. The molecular weight excluding hydrogens is 204 g/mol. The van der Waals surface area contributed by atoms with E-state index in [0.29, 0.717) is 12.6 Å². The molecule has 2 bridgehead atoms. The second-order valence-corrected chi connectivity index (χ2v) is 4.88. The Morgan fingerprint density at radius 1 is 1.50 bits per heavy atom. The van der Waals surface area contributed by atoms with Gasteiger partial charge in [-0.25, -0.2) is 0 Å². The summed E-state index contributed by atoms with van der Waals surface area (Å²) in [4.78, 5) is 14.0. The van der Waals surface area contributed by atoms with E-state index in [-0.39, 0.29) is 12.0 Å². The quantitative estimate of drug-likeness (QED) is 0.714. The molecular formula is C12H22N2O2. The number of hydrogen-bond acceptors (Lipinski definition) is 4. The lowest BCUT2D eigenvalue weighted by molar-refractivity contribution is -0.145. The Kier molecular flexibility index (Phi) is 3.82. The van der Waals surface area contributed by atoms with Crippen molar-refractivity contribution >= 4 is 5.97 Å². The number of carbonyl (C=O) groups is 1. The van der Waals surface area contributed by atoms with Gasteiger partial charge in [0, 0.05) is 12.6 Å². The van der Waals surface area contributed by atoms with Gasteiger partial charge in [0.05, 0.1) is 6.61 Å². The molecule has 2 aliphatic rings. The zero-order valence-corrected chi connectivity index (χ0v) is 10.2. The van der Waals surface area contributed by atoms with Gasteiger partial charge in [-0.1, -0.05) is 0 Å². The highest BCUT2D eigenvalue weighted by Gasteiger charge is 2.35. The first-order valence-electron chi connectivity index (χ1n) is 6.35. The minimum absolute atomic E-state index is 0.122. The maximum atomic E-state index is 11.5. The monoisotopic (exact) mass is 226 g/mol. The average Bonchev–Trinajstić information content (AvgIpc) is 2.66. The summed E-state index contributed by atoms with van der Waals surface area (Å²) in [5.41, 5.74) is 0. The van der Waals surface area contributed by atoms with Crippen molar-refractivity contribution in [2.75, 3.05) is 26.2 Å². The molecule has 2 saturated heterocycles. The molecule has 0 aromatic rings. The number of rotatable bonds is 4. The number of esters is 1. The largest absolute Gasteiger partial charge is 0.465 e. The third-order valence-corrected chi connectivity index (χ3v) is 3.74. The fourth-order valence-electron chi connectivity index (χ4n) is 2.83. The van der Waals surface area contributed by atoms with E-state index < -0.39 is 0 Å². The van der Waals surface area contributed by atoms with Gasteiger partial charge in [-0.2, -0.15) is 0 Å². The number of piperidine rings is 1. The van der Waals surface area contributed by atoms with E-state index in [2.05, 4.69) is 10.2 Å². The van der Waals surface area contributed by atoms with Crippen LogP contribution in [-0.4, -0.2) is 49.2 Å². The van der Waals surface area contributed by atoms with Gasteiger partial charge in [-0.3, -0.25) is 4.79 Å². The highest BCUT2D eigenvalue weighted by molar-refractivity contribution is 5.75. The van der Waals surface area contributed by atoms with Crippen molar-refractivity contribution in [3.63, 3.8) is 0 Å². The van der Waals surface area contributed by atoms with Crippen molar-refractivity contribution in [1.82, 2.24) is 10.2 Å². The molecule has 0 spiro atoms. The van der Waals surface area contributed by atoms with Crippen LogP contribution in [0.2, 0.25) is 0 Å². The van der Waals surface area contributed by atoms with Gasteiger partial charge < -0.3 is 15.0 Å². The molecule has 2 heterocycles. The predicted molar refractivity (Wildman–Crippen MR) is 62.2 cm³/mol. The van der Waals surface area contributed by atoms with E-state index in [1.54, 1.807) is 0 Å². The zero-order valence-electron chi connectivity index (χ0n) is 10.2. The van der Waals surface area contributed by atoms with Crippen LogP contribution in [0.3, 0.4) is 0 Å². The summed E-state index contributed by atoms with van der Waals surface area (Å²) in [6.45, 7) is 7.82. The molecule has 0 radical (unpaired) electrons. The summed E-state index contributed by atoms with van der Waals surface area (Å²) in [7, 11) is 0. The van der Waals surface area contributed by atoms with E-state index in [4.69, 9.17) is 4.74 Å². The molecule has 0 aromatic heterocycles. The van der Waals surface area contributed by atoms with Crippen LogP contribution < -0.4 is 5.32 Å². The molecule has 2 aliphatic heterocycles. The lowest BCUT2D eigenvalue weighted by Gasteiger charge is -2.32. The van der Waals surface area contributed by atoms with Crippen molar-refractivity contribution < 1.29 is 9.53 Å². The Morgan fingerprint density at radius 2 is 2.25 bits per heavy atom. The predicted octanol–water partition coefficient (Wildman–Crippen LogP) is 0.622. The number of ether oxygens (including phenoxy) is 1. The van der Waals surface area contributed by atoms with E-state index in [9.17, 15) is 4.79 Å². The first-order chi connectivity index (χ1) is 7.70. The molecule has 16 heavy (non-hydrogen) atoms. The second-order valence-electron chi connectivity index (χ2n) is 4.88. The van der Waals surface area contributed by atoms with Gasteiger partial charge in [-0.15, -0.1) is 0 Å². The first-order valence-corrected chi connectivity index (χ1v) is 6.35. The number of nitrogens with zero attached hydrogens (tertiary/aromatic N) is 1. The third-order valence-electron chi connectivity index (χ3n) is 3.74. The second kappa shape index (κ2) is 5.15. The molecule has 2 fully saturated rings. The smallest absolute Gasteiger partial charge is 0.322 e.